The van der Waals surface area contributed by atoms with Crippen LogP contribution in [0.5, 0.6) is 0 Å². The third-order valence-electron chi connectivity index (χ3n) is 4.12. The van der Waals surface area contributed by atoms with Gasteiger partial charge in [-0.3, -0.25) is 4.79 Å². The van der Waals surface area contributed by atoms with Crippen molar-refractivity contribution in [2.24, 2.45) is 0 Å². The number of ketones is 1. The molecule has 0 saturated heterocycles. The van der Waals surface area contributed by atoms with Crippen LogP contribution in [-0.2, 0) is 6.54 Å². The molecular formula is C21H22N4O. The zero-order valence-corrected chi connectivity index (χ0v) is 15.0. The van der Waals surface area contributed by atoms with Crippen molar-refractivity contribution in [3.8, 4) is 0 Å². The highest BCUT2D eigenvalue weighted by atomic mass is 16.1. The molecule has 0 bridgehead atoms. The van der Waals surface area contributed by atoms with Crippen molar-refractivity contribution in [1.29, 1.82) is 0 Å². The Hall–Kier alpha value is -3.21. The van der Waals surface area contributed by atoms with Crippen molar-refractivity contribution in [1.82, 2.24) is 9.97 Å². The Morgan fingerprint density at radius 2 is 1.85 bits per heavy atom. The van der Waals surface area contributed by atoms with Crippen LogP contribution in [0.25, 0.3) is 0 Å². The molecule has 3 rings (SSSR count). The third kappa shape index (κ3) is 4.45. The number of carbonyl (C=O) groups is 1. The number of carbonyl (C=O) groups excluding carboxylic acids is 1. The van der Waals surface area contributed by atoms with Crippen LogP contribution in [0.1, 0.15) is 29.8 Å². The Morgan fingerprint density at radius 1 is 1.04 bits per heavy atom. The van der Waals surface area contributed by atoms with Gasteiger partial charge in [-0.2, -0.15) is 0 Å². The molecule has 5 nitrogen and oxygen atoms in total. The Morgan fingerprint density at radius 3 is 2.58 bits per heavy atom. The lowest BCUT2D eigenvalue weighted by Gasteiger charge is -2.22. The summed E-state index contributed by atoms with van der Waals surface area (Å²) in [6.07, 6.45) is 1.56. The van der Waals surface area contributed by atoms with E-state index in [2.05, 4.69) is 39.2 Å². The molecule has 132 valence electrons. The van der Waals surface area contributed by atoms with Gasteiger partial charge in [-0.1, -0.05) is 42.5 Å². The number of aromatic nitrogens is 2. The van der Waals surface area contributed by atoms with Crippen molar-refractivity contribution in [3.05, 3.63) is 78.1 Å². The molecule has 26 heavy (non-hydrogen) atoms. The van der Waals surface area contributed by atoms with E-state index in [9.17, 15) is 4.79 Å². The average Bonchev–Trinajstić information content (AvgIpc) is 2.67. The molecule has 5 heteroatoms. The van der Waals surface area contributed by atoms with E-state index in [1.807, 2.05) is 42.5 Å². The first kappa shape index (κ1) is 17.6. The van der Waals surface area contributed by atoms with Crippen LogP contribution in [0.2, 0.25) is 0 Å². The lowest BCUT2D eigenvalue weighted by atomic mass is 10.1. The highest BCUT2D eigenvalue weighted by molar-refractivity contribution is 5.95. The summed E-state index contributed by atoms with van der Waals surface area (Å²) in [6, 6.07) is 19.6. The summed E-state index contributed by atoms with van der Waals surface area (Å²) in [7, 11) is 0. The van der Waals surface area contributed by atoms with Crippen molar-refractivity contribution < 1.29 is 4.79 Å². The first-order valence-corrected chi connectivity index (χ1v) is 8.64. The first-order chi connectivity index (χ1) is 12.7. The molecule has 0 radical (unpaired) electrons. The summed E-state index contributed by atoms with van der Waals surface area (Å²) in [5.41, 5.74) is 2.73. The number of rotatable bonds is 7. The van der Waals surface area contributed by atoms with Gasteiger partial charge in [0.15, 0.2) is 5.78 Å². The van der Waals surface area contributed by atoms with E-state index in [1.165, 1.54) is 5.56 Å². The SMILES string of the molecule is CCN(Cc1ccccc1)c1cc(Nc2cccc(C(C)=O)c2)ncn1. The quantitative estimate of drug-likeness (QED) is 0.641. The first-order valence-electron chi connectivity index (χ1n) is 8.64. The number of benzene rings is 2. The Kier molecular flexibility index (Phi) is 5.59. The minimum absolute atomic E-state index is 0.0389. The van der Waals surface area contributed by atoms with E-state index in [-0.39, 0.29) is 5.78 Å². The lowest BCUT2D eigenvalue weighted by molar-refractivity contribution is 0.101. The second-order valence-corrected chi connectivity index (χ2v) is 6.02. The second kappa shape index (κ2) is 8.25. The van der Waals surface area contributed by atoms with E-state index >= 15 is 0 Å². The van der Waals surface area contributed by atoms with Crippen LogP contribution in [0.3, 0.4) is 0 Å². The van der Waals surface area contributed by atoms with E-state index < -0.39 is 0 Å². The smallest absolute Gasteiger partial charge is 0.159 e. The Labute approximate surface area is 153 Å². The normalized spacial score (nSPS) is 10.4. The highest BCUT2D eigenvalue weighted by Gasteiger charge is 2.09. The number of nitrogens with one attached hydrogen (secondary N) is 1. The Balaban J connectivity index is 1.78. The molecular weight excluding hydrogens is 324 g/mol. The fraction of sp³-hybridized carbons (Fsp3) is 0.190. The van der Waals surface area contributed by atoms with Gasteiger partial charge in [0, 0.05) is 30.4 Å². The van der Waals surface area contributed by atoms with Crippen LogP contribution < -0.4 is 10.2 Å². The average molecular weight is 346 g/mol. The summed E-state index contributed by atoms with van der Waals surface area (Å²) in [5, 5.41) is 3.25. The summed E-state index contributed by atoms with van der Waals surface area (Å²) < 4.78 is 0. The van der Waals surface area contributed by atoms with Crippen molar-refractivity contribution in [2.45, 2.75) is 20.4 Å². The predicted octanol–water partition coefficient (Wildman–Crippen LogP) is 4.45. The number of Topliss-reactive ketones (excluding diaryl/α,β-unsaturated/α-hetero) is 1. The number of nitrogens with zero attached hydrogens (tertiary/aromatic N) is 3. The van der Waals surface area contributed by atoms with Gasteiger partial charge in [-0.15, -0.1) is 0 Å². The van der Waals surface area contributed by atoms with Gasteiger partial charge >= 0.3 is 0 Å². The largest absolute Gasteiger partial charge is 0.352 e. The molecule has 0 saturated carbocycles. The molecule has 0 fully saturated rings. The van der Waals surface area contributed by atoms with Crippen LogP contribution in [0.4, 0.5) is 17.3 Å². The fourth-order valence-corrected chi connectivity index (χ4v) is 2.71. The van der Waals surface area contributed by atoms with E-state index in [1.54, 1.807) is 19.3 Å². The lowest BCUT2D eigenvalue weighted by Crippen LogP contribution is -2.23. The van der Waals surface area contributed by atoms with Crippen molar-refractivity contribution in [3.63, 3.8) is 0 Å². The van der Waals surface area contributed by atoms with Gasteiger partial charge in [-0.05, 0) is 31.5 Å². The molecule has 0 unspecified atom stereocenters. The van der Waals surface area contributed by atoms with Gasteiger partial charge in [0.25, 0.3) is 0 Å². The summed E-state index contributed by atoms with van der Waals surface area (Å²) in [6.45, 7) is 5.29. The van der Waals surface area contributed by atoms with Gasteiger partial charge in [0.2, 0.25) is 0 Å². The van der Waals surface area contributed by atoms with Crippen LogP contribution in [0, 0.1) is 0 Å². The molecule has 1 heterocycles. The summed E-state index contributed by atoms with van der Waals surface area (Å²) >= 11 is 0. The minimum atomic E-state index is 0.0389. The van der Waals surface area contributed by atoms with Crippen molar-refractivity contribution >= 4 is 23.1 Å². The molecule has 0 spiro atoms. The fourth-order valence-electron chi connectivity index (χ4n) is 2.71. The monoisotopic (exact) mass is 346 g/mol. The van der Waals surface area contributed by atoms with Crippen LogP contribution in [-0.4, -0.2) is 22.3 Å². The van der Waals surface area contributed by atoms with Gasteiger partial charge < -0.3 is 10.2 Å². The van der Waals surface area contributed by atoms with E-state index in [4.69, 9.17) is 0 Å². The molecule has 0 atom stereocenters. The maximum Gasteiger partial charge on any atom is 0.159 e. The zero-order chi connectivity index (χ0) is 18.4. The maximum absolute atomic E-state index is 11.5. The predicted molar refractivity (Wildman–Crippen MR) is 105 cm³/mol. The highest BCUT2D eigenvalue weighted by Crippen LogP contribution is 2.21. The van der Waals surface area contributed by atoms with Crippen LogP contribution >= 0.6 is 0 Å². The Bertz CT molecular complexity index is 880. The van der Waals surface area contributed by atoms with Crippen LogP contribution in [0.15, 0.2) is 67.0 Å². The molecule has 0 amide bonds. The summed E-state index contributed by atoms with van der Waals surface area (Å²) in [4.78, 5) is 22.4. The van der Waals surface area contributed by atoms with Crippen molar-refractivity contribution in [2.75, 3.05) is 16.8 Å². The molecule has 0 aliphatic heterocycles. The topological polar surface area (TPSA) is 58.1 Å². The molecule has 3 aromatic rings. The third-order valence-corrected chi connectivity index (χ3v) is 4.12. The second-order valence-electron chi connectivity index (χ2n) is 6.02. The number of hydrogen-bond acceptors (Lipinski definition) is 5. The number of hydrogen-bond donors (Lipinski definition) is 1. The van der Waals surface area contributed by atoms with Gasteiger partial charge in [0.1, 0.15) is 18.0 Å². The molecule has 1 N–H and O–H groups in total. The number of anilines is 3. The standard InChI is InChI=1S/C21H22N4O/c1-3-25(14-17-8-5-4-6-9-17)21-13-20(22-15-23-21)24-19-11-7-10-18(12-19)16(2)26/h4-13,15H,3,14H2,1-2H3,(H,22,23,24). The van der Waals surface area contributed by atoms with E-state index in [0.717, 1.165) is 24.6 Å². The zero-order valence-electron chi connectivity index (χ0n) is 15.0. The molecule has 0 aliphatic carbocycles. The minimum Gasteiger partial charge on any atom is -0.352 e. The molecule has 2 aromatic carbocycles. The van der Waals surface area contributed by atoms with Gasteiger partial charge in [0.05, 0.1) is 0 Å². The molecule has 1 aromatic heterocycles. The van der Waals surface area contributed by atoms with E-state index in [0.29, 0.717) is 11.4 Å². The molecule has 0 aliphatic rings. The maximum atomic E-state index is 11.5. The summed E-state index contributed by atoms with van der Waals surface area (Å²) in [5.74, 6) is 1.59. The van der Waals surface area contributed by atoms with Gasteiger partial charge in [-0.25, -0.2) is 9.97 Å².